The SMILES string of the molecule is Cc1nc(CSc2ccccc2C(=O)Nc2ccc(Cl)c(C(F)(F)F)c2)cs1. The van der Waals surface area contributed by atoms with Crippen LogP contribution in [0.1, 0.15) is 26.6 Å². The third kappa shape index (κ3) is 5.06. The molecule has 146 valence electrons. The predicted molar refractivity (Wildman–Crippen MR) is 107 cm³/mol. The maximum absolute atomic E-state index is 13.0. The molecular formula is C19H14ClF3N2OS2. The summed E-state index contributed by atoms with van der Waals surface area (Å²) in [5.74, 6) is 0.0985. The van der Waals surface area contributed by atoms with Crippen LogP contribution in [0.25, 0.3) is 0 Å². The van der Waals surface area contributed by atoms with Crippen LogP contribution in [-0.2, 0) is 11.9 Å². The fraction of sp³-hybridized carbons (Fsp3) is 0.158. The van der Waals surface area contributed by atoms with Crippen molar-refractivity contribution in [3.05, 3.63) is 74.7 Å². The molecule has 1 heterocycles. The molecule has 0 saturated heterocycles. The van der Waals surface area contributed by atoms with Gasteiger partial charge in [-0.3, -0.25) is 4.79 Å². The van der Waals surface area contributed by atoms with Gasteiger partial charge in [-0.05, 0) is 37.3 Å². The molecule has 0 fully saturated rings. The zero-order chi connectivity index (χ0) is 20.3. The lowest BCUT2D eigenvalue weighted by Gasteiger charge is -2.13. The summed E-state index contributed by atoms with van der Waals surface area (Å²) in [4.78, 5) is 17.7. The Hall–Kier alpha value is -2.03. The van der Waals surface area contributed by atoms with E-state index in [9.17, 15) is 18.0 Å². The van der Waals surface area contributed by atoms with Gasteiger partial charge in [-0.25, -0.2) is 4.98 Å². The van der Waals surface area contributed by atoms with Gasteiger partial charge in [0.25, 0.3) is 5.91 Å². The number of nitrogens with one attached hydrogen (secondary N) is 1. The Morgan fingerprint density at radius 1 is 1.25 bits per heavy atom. The van der Waals surface area contributed by atoms with Crippen LogP contribution in [0.2, 0.25) is 5.02 Å². The lowest BCUT2D eigenvalue weighted by molar-refractivity contribution is -0.137. The molecule has 3 aromatic rings. The topological polar surface area (TPSA) is 42.0 Å². The van der Waals surface area contributed by atoms with Crippen LogP contribution in [0.15, 0.2) is 52.7 Å². The zero-order valence-electron chi connectivity index (χ0n) is 14.5. The maximum Gasteiger partial charge on any atom is 0.417 e. The molecule has 9 heteroatoms. The second kappa shape index (κ2) is 8.55. The number of anilines is 1. The van der Waals surface area contributed by atoms with E-state index in [1.807, 2.05) is 12.3 Å². The van der Waals surface area contributed by atoms with Crippen molar-refractivity contribution in [3.8, 4) is 0 Å². The number of benzene rings is 2. The molecule has 0 spiro atoms. The van der Waals surface area contributed by atoms with E-state index >= 15 is 0 Å². The first-order chi connectivity index (χ1) is 13.2. The first-order valence-corrected chi connectivity index (χ1v) is 10.3. The number of hydrogen-bond donors (Lipinski definition) is 1. The van der Waals surface area contributed by atoms with Crippen molar-refractivity contribution in [2.24, 2.45) is 0 Å². The highest BCUT2D eigenvalue weighted by Gasteiger charge is 2.33. The second-order valence-electron chi connectivity index (χ2n) is 5.79. The average molecular weight is 443 g/mol. The van der Waals surface area contributed by atoms with Crippen LogP contribution >= 0.6 is 34.7 Å². The number of rotatable bonds is 5. The molecule has 0 atom stereocenters. The van der Waals surface area contributed by atoms with Gasteiger partial charge in [-0.1, -0.05) is 23.7 Å². The largest absolute Gasteiger partial charge is 0.417 e. The van der Waals surface area contributed by atoms with Crippen molar-refractivity contribution < 1.29 is 18.0 Å². The Bertz CT molecular complexity index is 1000. The number of alkyl halides is 3. The third-order valence-corrected chi connectivity index (χ3v) is 5.96. The molecule has 28 heavy (non-hydrogen) atoms. The van der Waals surface area contributed by atoms with E-state index in [-0.39, 0.29) is 5.69 Å². The van der Waals surface area contributed by atoms with E-state index in [2.05, 4.69) is 10.3 Å². The molecule has 1 aromatic heterocycles. The molecule has 0 saturated carbocycles. The number of halogens is 4. The van der Waals surface area contributed by atoms with E-state index in [0.717, 1.165) is 27.7 Å². The lowest BCUT2D eigenvalue weighted by Crippen LogP contribution is -2.14. The average Bonchev–Trinajstić information content (AvgIpc) is 3.06. The van der Waals surface area contributed by atoms with Crippen LogP contribution < -0.4 is 5.32 Å². The van der Waals surface area contributed by atoms with Crippen molar-refractivity contribution in [2.75, 3.05) is 5.32 Å². The highest BCUT2D eigenvalue weighted by atomic mass is 35.5. The first-order valence-electron chi connectivity index (χ1n) is 8.05. The highest BCUT2D eigenvalue weighted by molar-refractivity contribution is 7.98. The molecule has 0 aliphatic rings. The molecule has 0 aliphatic carbocycles. The normalized spacial score (nSPS) is 11.5. The van der Waals surface area contributed by atoms with Gasteiger partial charge in [-0.2, -0.15) is 13.2 Å². The highest BCUT2D eigenvalue weighted by Crippen LogP contribution is 2.36. The van der Waals surface area contributed by atoms with Crippen LogP contribution in [0, 0.1) is 6.92 Å². The molecular weight excluding hydrogens is 429 g/mol. The number of carbonyl (C=O) groups excluding carboxylic acids is 1. The summed E-state index contributed by atoms with van der Waals surface area (Å²) < 4.78 is 39.0. The van der Waals surface area contributed by atoms with E-state index in [1.165, 1.54) is 17.8 Å². The standard InChI is InChI=1S/C19H14ClF3N2OS2/c1-11-24-13(9-27-11)10-28-17-5-3-2-4-14(17)18(26)25-12-6-7-16(20)15(8-12)19(21,22)23/h2-9H,10H2,1H3,(H,25,26). The predicted octanol–water partition coefficient (Wildman–Crippen LogP) is 6.67. The third-order valence-electron chi connectivity index (χ3n) is 3.70. The Morgan fingerprint density at radius 3 is 2.68 bits per heavy atom. The van der Waals surface area contributed by atoms with Crippen molar-refractivity contribution >= 4 is 46.3 Å². The minimum Gasteiger partial charge on any atom is -0.322 e. The van der Waals surface area contributed by atoms with Gasteiger partial charge in [0.15, 0.2) is 0 Å². The first kappa shape index (κ1) is 20.7. The van der Waals surface area contributed by atoms with E-state index in [1.54, 1.807) is 35.6 Å². The summed E-state index contributed by atoms with van der Waals surface area (Å²) in [6, 6.07) is 10.2. The summed E-state index contributed by atoms with van der Waals surface area (Å²) in [6.45, 7) is 1.92. The van der Waals surface area contributed by atoms with Gasteiger partial charge >= 0.3 is 6.18 Å². The number of hydrogen-bond acceptors (Lipinski definition) is 4. The number of carbonyl (C=O) groups is 1. The van der Waals surface area contributed by atoms with Gasteiger partial charge in [-0.15, -0.1) is 23.1 Å². The van der Waals surface area contributed by atoms with Gasteiger partial charge in [0.05, 0.1) is 26.9 Å². The molecule has 0 unspecified atom stereocenters. The summed E-state index contributed by atoms with van der Waals surface area (Å²) in [5, 5.41) is 5.02. The molecule has 2 aromatic carbocycles. The van der Waals surface area contributed by atoms with Crippen molar-refractivity contribution in [1.29, 1.82) is 0 Å². The number of thioether (sulfide) groups is 1. The second-order valence-corrected chi connectivity index (χ2v) is 8.28. The van der Waals surface area contributed by atoms with Crippen molar-refractivity contribution in [1.82, 2.24) is 4.98 Å². The smallest absolute Gasteiger partial charge is 0.322 e. The Balaban J connectivity index is 1.78. The number of amides is 1. The van der Waals surface area contributed by atoms with E-state index < -0.39 is 22.7 Å². The molecule has 3 rings (SSSR count). The number of nitrogens with zero attached hydrogens (tertiary/aromatic N) is 1. The quantitative estimate of drug-likeness (QED) is 0.449. The summed E-state index contributed by atoms with van der Waals surface area (Å²) in [5.41, 5.74) is 0.323. The molecule has 0 bridgehead atoms. The Kier molecular flexibility index (Phi) is 6.32. The minimum absolute atomic E-state index is 0.0247. The Labute approximate surface area is 172 Å². The summed E-state index contributed by atoms with van der Waals surface area (Å²) in [7, 11) is 0. The number of aromatic nitrogens is 1. The van der Waals surface area contributed by atoms with Gasteiger partial charge in [0.1, 0.15) is 0 Å². The van der Waals surface area contributed by atoms with Crippen LogP contribution in [0.3, 0.4) is 0 Å². The molecule has 3 nitrogen and oxygen atoms in total. The van der Waals surface area contributed by atoms with Crippen molar-refractivity contribution in [2.45, 2.75) is 23.7 Å². The maximum atomic E-state index is 13.0. The van der Waals surface area contributed by atoms with Gasteiger partial charge in [0.2, 0.25) is 0 Å². The fourth-order valence-corrected chi connectivity index (χ4v) is 4.31. The lowest BCUT2D eigenvalue weighted by atomic mass is 10.1. The molecule has 0 aliphatic heterocycles. The van der Waals surface area contributed by atoms with Gasteiger partial charge < -0.3 is 5.32 Å². The number of thiazole rings is 1. The van der Waals surface area contributed by atoms with Crippen LogP contribution in [0.4, 0.5) is 18.9 Å². The number of aryl methyl sites for hydroxylation is 1. The van der Waals surface area contributed by atoms with E-state index in [0.29, 0.717) is 11.3 Å². The monoisotopic (exact) mass is 442 g/mol. The van der Waals surface area contributed by atoms with Crippen LogP contribution in [-0.4, -0.2) is 10.9 Å². The van der Waals surface area contributed by atoms with Crippen molar-refractivity contribution in [3.63, 3.8) is 0 Å². The minimum atomic E-state index is -4.60. The van der Waals surface area contributed by atoms with E-state index in [4.69, 9.17) is 11.6 Å². The molecule has 0 radical (unpaired) electrons. The van der Waals surface area contributed by atoms with Gasteiger partial charge in [0, 0.05) is 21.7 Å². The zero-order valence-corrected chi connectivity index (χ0v) is 16.9. The molecule has 1 N–H and O–H groups in total. The summed E-state index contributed by atoms with van der Waals surface area (Å²) >= 11 is 8.61. The Morgan fingerprint density at radius 2 is 2.00 bits per heavy atom. The molecule has 1 amide bonds. The summed E-state index contributed by atoms with van der Waals surface area (Å²) in [6.07, 6.45) is -4.60. The fourth-order valence-electron chi connectivity index (χ4n) is 2.43. The van der Waals surface area contributed by atoms with Crippen LogP contribution in [0.5, 0.6) is 0 Å².